The molecule has 5 nitrogen and oxygen atoms in total. The van der Waals surface area contributed by atoms with Crippen molar-refractivity contribution in [1.29, 1.82) is 0 Å². The summed E-state index contributed by atoms with van der Waals surface area (Å²) in [6.45, 7) is 7.27. The monoisotopic (exact) mass is 293 g/mol. The molecule has 0 aliphatic heterocycles. The van der Waals surface area contributed by atoms with E-state index in [-0.39, 0.29) is 18.1 Å². The molecule has 1 aliphatic rings. The van der Waals surface area contributed by atoms with Gasteiger partial charge in [0, 0.05) is 12.6 Å². The summed E-state index contributed by atoms with van der Waals surface area (Å²) in [5.41, 5.74) is 6.51. The number of hydrogen-bond donors (Lipinski definition) is 3. The molecule has 0 radical (unpaired) electrons. The molecule has 1 aromatic heterocycles. The molecular formula is C16H27N3O2. The first-order valence-corrected chi connectivity index (χ1v) is 7.67. The van der Waals surface area contributed by atoms with Crippen LogP contribution in [0.1, 0.15) is 40.0 Å². The first kappa shape index (κ1) is 15.9. The minimum Gasteiger partial charge on any atom is -0.476 e. The van der Waals surface area contributed by atoms with Crippen molar-refractivity contribution in [1.82, 2.24) is 4.98 Å². The number of nitrogens with zero attached hydrogens (tertiary/aromatic N) is 1. The summed E-state index contributed by atoms with van der Waals surface area (Å²) >= 11 is 0. The molecule has 1 saturated carbocycles. The molecule has 0 saturated heterocycles. The fraction of sp³-hybridized carbons (Fsp3) is 0.688. The maximum atomic E-state index is 9.22. The number of nitrogens with one attached hydrogen (secondary N) is 1. The van der Waals surface area contributed by atoms with Crippen LogP contribution in [-0.4, -0.2) is 29.3 Å². The first-order chi connectivity index (χ1) is 9.90. The van der Waals surface area contributed by atoms with Crippen molar-refractivity contribution in [2.45, 2.75) is 46.1 Å². The molecule has 1 unspecified atom stereocenters. The van der Waals surface area contributed by atoms with Crippen molar-refractivity contribution in [2.24, 2.45) is 11.3 Å². The Balaban J connectivity index is 2.05. The molecule has 21 heavy (non-hydrogen) atoms. The van der Waals surface area contributed by atoms with E-state index in [1.807, 2.05) is 12.1 Å². The van der Waals surface area contributed by atoms with Gasteiger partial charge in [-0.1, -0.05) is 20.8 Å². The van der Waals surface area contributed by atoms with E-state index in [2.05, 4.69) is 31.1 Å². The van der Waals surface area contributed by atoms with Crippen LogP contribution in [-0.2, 0) is 0 Å². The molecule has 4 N–H and O–H groups in total. The van der Waals surface area contributed by atoms with E-state index in [0.29, 0.717) is 30.5 Å². The van der Waals surface area contributed by atoms with Crippen molar-refractivity contribution >= 4 is 11.5 Å². The SMILES string of the molecule is CC(C)(C)C(CCO)Nc1ccc(N)c(OCC2CC2)n1. The molecule has 5 heteroatoms. The summed E-state index contributed by atoms with van der Waals surface area (Å²) in [4.78, 5) is 4.47. The van der Waals surface area contributed by atoms with E-state index in [1.165, 1.54) is 12.8 Å². The third kappa shape index (κ3) is 4.77. The lowest BCUT2D eigenvalue weighted by molar-refractivity contribution is 0.235. The molecular weight excluding hydrogens is 266 g/mol. The molecule has 1 aliphatic carbocycles. The van der Waals surface area contributed by atoms with Crippen molar-refractivity contribution in [3.05, 3.63) is 12.1 Å². The number of aliphatic hydroxyl groups is 1. The Labute approximate surface area is 126 Å². The number of aliphatic hydroxyl groups excluding tert-OH is 1. The highest BCUT2D eigenvalue weighted by Gasteiger charge is 2.25. The molecule has 1 fully saturated rings. The van der Waals surface area contributed by atoms with Gasteiger partial charge in [-0.25, -0.2) is 0 Å². The largest absolute Gasteiger partial charge is 0.476 e. The average Bonchev–Trinajstić information content (AvgIpc) is 3.21. The third-order valence-electron chi connectivity index (χ3n) is 3.83. The summed E-state index contributed by atoms with van der Waals surface area (Å²) in [5, 5.41) is 12.6. The summed E-state index contributed by atoms with van der Waals surface area (Å²) in [6.07, 6.45) is 3.15. The van der Waals surface area contributed by atoms with Gasteiger partial charge in [-0.2, -0.15) is 4.98 Å². The summed E-state index contributed by atoms with van der Waals surface area (Å²) in [5.74, 6) is 1.91. The zero-order chi connectivity index (χ0) is 15.5. The van der Waals surface area contributed by atoms with Crippen LogP contribution in [0.3, 0.4) is 0 Å². The zero-order valence-electron chi connectivity index (χ0n) is 13.2. The van der Waals surface area contributed by atoms with E-state index in [9.17, 15) is 5.11 Å². The molecule has 1 heterocycles. The lowest BCUT2D eigenvalue weighted by atomic mass is 9.85. The highest BCUT2D eigenvalue weighted by Crippen LogP contribution is 2.31. The molecule has 0 aromatic carbocycles. The van der Waals surface area contributed by atoms with Crippen LogP contribution >= 0.6 is 0 Å². The second-order valence-electron chi connectivity index (χ2n) is 6.92. The molecule has 118 valence electrons. The highest BCUT2D eigenvalue weighted by atomic mass is 16.5. The van der Waals surface area contributed by atoms with E-state index in [0.717, 1.165) is 5.82 Å². The van der Waals surface area contributed by atoms with E-state index >= 15 is 0 Å². The number of ether oxygens (including phenoxy) is 1. The Morgan fingerprint density at radius 2 is 2.14 bits per heavy atom. The van der Waals surface area contributed by atoms with Gasteiger partial charge >= 0.3 is 0 Å². The smallest absolute Gasteiger partial charge is 0.239 e. The van der Waals surface area contributed by atoms with Crippen LogP contribution < -0.4 is 15.8 Å². The number of nitrogens with two attached hydrogens (primary N) is 1. The highest BCUT2D eigenvalue weighted by molar-refractivity contribution is 5.54. The topological polar surface area (TPSA) is 80.4 Å². The van der Waals surface area contributed by atoms with Gasteiger partial charge in [-0.05, 0) is 42.7 Å². The number of rotatable bonds is 7. The Hall–Kier alpha value is -1.49. The number of nitrogen functional groups attached to an aromatic ring is 1. The first-order valence-electron chi connectivity index (χ1n) is 7.67. The number of anilines is 2. The molecule has 0 bridgehead atoms. The van der Waals surface area contributed by atoms with Gasteiger partial charge in [-0.15, -0.1) is 0 Å². The van der Waals surface area contributed by atoms with Crippen LogP contribution in [0.25, 0.3) is 0 Å². The van der Waals surface area contributed by atoms with Gasteiger partial charge < -0.3 is 20.9 Å². The van der Waals surface area contributed by atoms with Gasteiger partial charge in [0.15, 0.2) is 0 Å². The number of pyridine rings is 1. The predicted octanol–water partition coefficient (Wildman–Crippen LogP) is 2.66. The quantitative estimate of drug-likeness (QED) is 0.720. The normalized spacial score (nSPS) is 16.6. The molecule has 1 atom stereocenters. The standard InChI is InChI=1S/C16H27N3O2/c1-16(2,3)13(8-9-20)18-14-7-6-12(17)15(19-14)21-10-11-4-5-11/h6-7,11,13,20H,4-5,8-10,17H2,1-3H3,(H,18,19). The summed E-state index contributed by atoms with van der Waals surface area (Å²) in [6, 6.07) is 3.81. The fourth-order valence-corrected chi connectivity index (χ4v) is 2.16. The van der Waals surface area contributed by atoms with Crippen molar-refractivity contribution < 1.29 is 9.84 Å². The molecule has 0 amide bonds. The van der Waals surface area contributed by atoms with Gasteiger partial charge in [0.2, 0.25) is 5.88 Å². The van der Waals surface area contributed by atoms with Gasteiger partial charge in [-0.3, -0.25) is 0 Å². The van der Waals surface area contributed by atoms with Crippen LogP contribution in [0, 0.1) is 11.3 Å². The predicted molar refractivity (Wildman–Crippen MR) is 85.4 cm³/mol. The molecule has 0 spiro atoms. The van der Waals surface area contributed by atoms with Gasteiger partial charge in [0.1, 0.15) is 5.82 Å². The van der Waals surface area contributed by atoms with Crippen LogP contribution in [0.2, 0.25) is 0 Å². The molecule has 2 rings (SSSR count). The second-order valence-corrected chi connectivity index (χ2v) is 6.92. The van der Waals surface area contributed by atoms with Crippen LogP contribution in [0.15, 0.2) is 12.1 Å². The van der Waals surface area contributed by atoms with Crippen molar-refractivity contribution in [3.63, 3.8) is 0 Å². The zero-order valence-corrected chi connectivity index (χ0v) is 13.2. The summed E-state index contributed by atoms with van der Waals surface area (Å²) < 4.78 is 5.70. The molecule has 1 aromatic rings. The Morgan fingerprint density at radius 1 is 1.43 bits per heavy atom. The maximum Gasteiger partial charge on any atom is 0.239 e. The average molecular weight is 293 g/mol. The maximum absolute atomic E-state index is 9.22. The van der Waals surface area contributed by atoms with Crippen LogP contribution in [0.5, 0.6) is 5.88 Å². The minimum atomic E-state index is 0.0286. The van der Waals surface area contributed by atoms with Crippen LogP contribution in [0.4, 0.5) is 11.5 Å². The number of aromatic nitrogens is 1. The van der Waals surface area contributed by atoms with Crippen molar-refractivity contribution in [3.8, 4) is 5.88 Å². The van der Waals surface area contributed by atoms with E-state index in [1.54, 1.807) is 0 Å². The fourth-order valence-electron chi connectivity index (χ4n) is 2.16. The lowest BCUT2D eigenvalue weighted by Gasteiger charge is -2.31. The van der Waals surface area contributed by atoms with Gasteiger partial charge in [0.25, 0.3) is 0 Å². The van der Waals surface area contributed by atoms with Crippen molar-refractivity contribution in [2.75, 3.05) is 24.3 Å². The Bertz CT molecular complexity index is 467. The van der Waals surface area contributed by atoms with Gasteiger partial charge in [0.05, 0.1) is 12.3 Å². The Morgan fingerprint density at radius 3 is 2.71 bits per heavy atom. The number of hydrogen-bond acceptors (Lipinski definition) is 5. The Kier molecular flexibility index (Phi) is 4.93. The van der Waals surface area contributed by atoms with E-state index < -0.39 is 0 Å². The second kappa shape index (κ2) is 6.52. The van der Waals surface area contributed by atoms with E-state index in [4.69, 9.17) is 10.5 Å². The lowest BCUT2D eigenvalue weighted by Crippen LogP contribution is -2.35. The minimum absolute atomic E-state index is 0.0286. The summed E-state index contributed by atoms with van der Waals surface area (Å²) in [7, 11) is 0. The third-order valence-corrected chi connectivity index (χ3v) is 3.83.